The normalized spacial score (nSPS) is 18.7. The molecule has 1 heterocycles. The third kappa shape index (κ3) is 5.49. The van der Waals surface area contributed by atoms with Gasteiger partial charge in [-0.25, -0.2) is 13.8 Å². The molecule has 1 aromatic heterocycles. The van der Waals surface area contributed by atoms with E-state index in [1.807, 2.05) is 13.0 Å². The Labute approximate surface area is 152 Å². The van der Waals surface area contributed by atoms with Crippen LogP contribution in [0.4, 0.5) is 8.78 Å². The van der Waals surface area contributed by atoms with Crippen molar-refractivity contribution < 1.29 is 23.4 Å². The number of alkyl halides is 2. The molecule has 1 fully saturated rings. The van der Waals surface area contributed by atoms with Crippen LogP contribution in [0.5, 0.6) is 5.88 Å². The van der Waals surface area contributed by atoms with E-state index < -0.39 is 5.92 Å². The molecule has 5 nitrogen and oxygen atoms in total. The van der Waals surface area contributed by atoms with Crippen molar-refractivity contribution in [1.29, 1.82) is 0 Å². The maximum Gasteiger partial charge on any atom is 0.253 e. The predicted octanol–water partition coefficient (Wildman–Crippen LogP) is 3.43. The van der Waals surface area contributed by atoms with E-state index in [9.17, 15) is 18.7 Å². The summed E-state index contributed by atoms with van der Waals surface area (Å²) >= 11 is 0. The Morgan fingerprint density at radius 3 is 2.77 bits per heavy atom. The maximum atomic E-state index is 13.2. The van der Waals surface area contributed by atoms with Crippen LogP contribution < -0.4 is 10.1 Å². The standard InChI is InChI=1S/C19H26F2N2O3/c1-3-16(12-24)23-17(25)15-10-14(18(26-2)22-11-15)5-4-13-6-8-19(20,21)9-7-13/h4-5,10-11,13,16,24H,3,6-9,12H2,1-2H3,(H,23,25)/b5-4+. The van der Waals surface area contributed by atoms with Crippen LogP contribution in [0, 0.1) is 5.92 Å². The monoisotopic (exact) mass is 368 g/mol. The van der Waals surface area contributed by atoms with Crippen molar-refractivity contribution in [3.63, 3.8) is 0 Å². The number of carbonyl (C=O) groups excluding carboxylic acids is 1. The summed E-state index contributed by atoms with van der Waals surface area (Å²) in [4.78, 5) is 16.4. The lowest BCUT2D eigenvalue weighted by Gasteiger charge is -2.26. The number of pyridine rings is 1. The summed E-state index contributed by atoms with van der Waals surface area (Å²) in [5, 5.41) is 11.9. The Bertz CT molecular complexity index is 636. The van der Waals surface area contributed by atoms with Crippen molar-refractivity contribution in [1.82, 2.24) is 10.3 Å². The number of aromatic nitrogens is 1. The molecule has 1 unspecified atom stereocenters. The van der Waals surface area contributed by atoms with Gasteiger partial charge in [0.05, 0.1) is 25.3 Å². The molecule has 1 amide bonds. The van der Waals surface area contributed by atoms with Gasteiger partial charge in [-0.3, -0.25) is 4.79 Å². The topological polar surface area (TPSA) is 71.5 Å². The first kappa shape index (κ1) is 20.3. The molecule has 0 bridgehead atoms. The van der Waals surface area contributed by atoms with Gasteiger partial charge in [0, 0.05) is 24.6 Å². The first-order valence-electron chi connectivity index (χ1n) is 8.90. The van der Waals surface area contributed by atoms with Gasteiger partial charge >= 0.3 is 0 Å². The van der Waals surface area contributed by atoms with Gasteiger partial charge in [0.2, 0.25) is 11.8 Å². The molecule has 1 aliphatic carbocycles. The van der Waals surface area contributed by atoms with Crippen LogP contribution in [-0.2, 0) is 0 Å². The molecule has 0 aliphatic heterocycles. The Morgan fingerprint density at radius 1 is 1.50 bits per heavy atom. The largest absolute Gasteiger partial charge is 0.481 e. The smallest absolute Gasteiger partial charge is 0.253 e. The minimum absolute atomic E-state index is 0.0793. The summed E-state index contributed by atoms with van der Waals surface area (Å²) in [5.41, 5.74) is 0.974. The van der Waals surface area contributed by atoms with Crippen LogP contribution in [-0.4, -0.2) is 41.7 Å². The molecule has 144 valence electrons. The summed E-state index contributed by atoms with van der Waals surface area (Å²) in [6.45, 7) is 1.74. The van der Waals surface area contributed by atoms with Crippen LogP contribution in [0.1, 0.15) is 54.9 Å². The fraction of sp³-hybridized carbons (Fsp3) is 0.579. The number of amides is 1. The average molecular weight is 368 g/mol. The Morgan fingerprint density at radius 2 is 2.19 bits per heavy atom. The van der Waals surface area contributed by atoms with E-state index in [1.54, 1.807) is 12.1 Å². The molecule has 0 saturated heterocycles. The average Bonchev–Trinajstić information content (AvgIpc) is 2.64. The quantitative estimate of drug-likeness (QED) is 0.773. The third-order valence-electron chi connectivity index (χ3n) is 4.69. The summed E-state index contributed by atoms with van der Waals surface area (Å²) in [6, 6.07) is 1.34. The zero-order chi connectivity index (χ0) is 19.2. The van der Waals surface area contributed by atoms with Crippen molar-refractivity contribution in [2.75, 3.05) is 13.7 Å². The molecule has 26 heavy (non-hydrogen) atoms. The molecular weight excluding hydrogens is 342 g/mol. The number of ether oxygens (including phenoxy) is 1. The number of nitrogens with zero attached hydrogens (tertiary/aromatic N) is 1. The van der Waals surface area contributed by atoms with Gasteiger partial charge in [-0.1, -0.05) is 19.1 Å². The van der Waals surface area contributed by atoms with Crippen LogP contribution in [0.25, 0.3) is 6.08 Å². The Kier molecular flexibility index (Phi) is 7.08. The second kappa shape index (κ2) is 9.07. The lowest BCUT2D eigenvalue weighted by atomic mass is 9.86. The molecule has 1 aromatic rings. The van der Waals surface area contributed by atoms with E-state index in [2.05, 4.69) is 10.3 Å². The highest BCUT2D eigenvalue weighted by atomic mass is 19.3. The lowest BCUT2D eigenvalue weighted by Crippen LogP contribution is -2.37. The van der Waals surface area contributed by atoms with Gasteiger partial charge in [-0.15, -0.1) is 0 Å². The first-order chi connectivity index (χ1) is 12.4. The summed E-state index contributed by atoms with van der Waals surface area (Å²) < 4.78 is 31.7. The number of aliphatic hydroxyl groups is 1. The number of rotatable bonds is 7. The van der Waals surface area contributed by atoms with Gasteiger partial charge in [0.15, 0.2) is 0 Å². The number of aliphatic hydroxyl groups excluding tert-OH is 1. The fourth-order valence-electron chi connectivity index (χ4n) is 2.92. The van der Waals surface area contributed by atoms with E-state index >= 15 is 0 Å². The molecule has 2 N–H and O–H groups in total. The highest BCUT2D eigenvalue weighted by Crippen LogP contribution is 2.37. The summed E-state index contributed by atoms with van der Waals surface area (Å²) in [5.74, 6) is -2.43. The predicted molar refractivity (Wildman–Crippen MR) is 95.4 cm³/mol. The summed E-state index contributed by atoms with van der Waals surface area (Å²) in [7, 11) is 1.49. The van der Waals surface area contributed by atoms with Crippen molar-refractivity contribution >= 4 is 12.0 Å². The molecule has 2 rings (SSSR count). The van der Waals surface area contributed by atoms with Crippen molar-refractivity contribution in [3.8, 4) is 5.88 Å². The van der Waals surface area contributed by atoms with E-state index in [1.165, 1.54) is 13.3 Å². The number of methoxy groups -OCH3 is 1. The van der Waals surface area contributed by atoms with Crippen LogP contribution in [0.15, 0.2) is 18.3 Å². The first-order valence-corrected chi connectivity index (χ1v) is 8.90. The maximum absolute atomic E-state index is 13.2. The zero-order valence-corrected chi connectivity index (χ0v) is 15.2. The molecule has 1 atom stereocenters. The molecular formula is C19H26F2N2O3. The molecule has 1 saturated carbocycles. The van der Waals surface area contributed by atoms with Crippen molar-refractivity contribution in [2.45, 2.75) is 51.0 Å². The molecule has 0 spiro atoms. The number of halogens is 2. The SMILES string of the molecule is CCC(CO)NC(=O)c1cnc(OC)c(/C=C/C2CCC(F)(F)CC2)c1. The molecule has 0 radical (unpaired) electrons. The Hall–Kier alpha value is -2.02. The number of hydrogen-bond donors (Lipinski definition) is 2. The number of nitrogens with one attached hydrogen (secondary N) is 1. The van der Waals surface area contributed by atoms with Gasteiger partial charge in [-0.05, 0) is 31.2 Å². The van der Waals surface area contributed by atoms with Crippen LogP contribution in [0.3, 0.4) is 0 Å². The van der Waals surface area contributed by atoms with Crippen molar-refractivity contribution in [2.24, 2.45) is 5.92 Å². The second-order valence-corrected chi connectivity index (χ2v) is 6.64. The molecule has 7 heteroatoms. The van der Waals surface area contributed by atoms with E-state index in [0.29, 0.717) is 36.3 Å². The van der Waals surface area contributed by atoms with Crippen LogP contribution in [0.2, 0.25) is 0 Å². The van der Waals surface area contributed by atoms with E-state index in [4.69, 9.17) is 4.74 Å². The highest BCUT2D eigenvalue weighted by molar-refractivity contribution is 5.94. The summed E-state index contributed by atoms with van der Waals surface area (Å²) in [6.07, 6.45) is 6.38. The lowest BCUT2D eigenvalue weighted by molar-refractivity contribution is -0.0410. The van der Waals surface area contributed by atoms with Gasteiger partial charge in [-0.2, -0.15) is 0 Å². The zero-order valence-electron chi connectivity index (χ0n) is 15.2. The number of hydrogen-bond acceptors (Lipinski definition) is 4. The van der Waals surface area contributed by atoms with E-state index in [0.717, 1.165) is 0 Å². The number of carbonyl (C=O) groups is 1. The van der Waals surface area contributed by atoms with Gasteiger partial charge < -0.3 is 15.2 Å². The molecule has 1 aliphatic rings. The second-order valence-electron chi connectivity index (χ2n) is 6.64. The van der Waals surface area contributed by atoms with Crippen LogP contribution >= 0.6 is 0 Å². The highest BCUT2D eigenvalue weighted by Gasteiger charge is 2.33. The van der Waals surface area contributed by atoms with Crippen molar-refractivity contribution in [3.05, 3.63) is 29.5 Å². The van der Waals surface area contributed by atoms with E-state index in [-0.39, 0.29) is 37.3 Å². The Balaban J connectivity index is 2.11. The minimum Gasteiger partial charge on any atom is -0.481 e. The van der Waals surface area contributed by atoms with Gasteiger partial charge in [0.1, 0.15) is 0 Å². The molecule has 0 aromatic carbocycles. The minimum atomic E-state index is -2.55. The number of allylic oxidation sites excluding steroid dienone is 1. The third-order valence-corrected chi connectivity index (χ3v) is 4.69. The fourth-order valence-corrected chi connectivity index (χ4v) is 2.92. The van der Waals surface area contributed by atoms with Gasteiger partial charge in [0.25, 0.3) is 5.91 Å².